The van der Waals surface area contributed by atoms with Gasteiger partial charge in [0.05, 0.1) is 11.3 Å². The van der Waals surface area contributed by atoms with Crippen LogP contribution < -0.4 is 10.6 Å². The van der Waals surface area contributed by atoms with Gasteiger partial charge in [0.15, 0.2) is 6.10 Å². The standard InChI is InChI=1S/C20H26N2O4S/c1-12-5-3-4-6-15(12)22-19(24)13(2)26-20(25)14-7-8-17-16(11-14)21-18(23)9-10-27-17/h7-8,11-13,15H,3-6,9-10H2,1-2H3,(H,21,23)(H,22,24)/t12-,13-,15+/m1/s1. The second-order valence-corrected chi connectivity index (χ2v) is 8.42. The number of thioether (sulfide) groups is 1. The van der Waals surface area contributed by atoms with Crippen LogP contribution in [0, 0.1) is 5.92 Å². The van der Waals surface area contributed by atoms with E-state index < -0.39 is 12.1 Å². The molecule has 2 N–H and O–H groups in total. The van der Waals surface area contributed by atoms with Gasteiger partial charge in [0, 0.05) is 23.1 Å². The van der Waals surface area contributed by atoms with Gasteiger partial charge in [-0.05, 0) is 43.9 Å². The third-order valence-corrected chi connectivity index (χ3v) is 6.24. The summed E-state index contributed by atoms with van der Waals surface area (Å²) in [5, 5.41) is 5.82. The summed E-state index contributed by atoms with van der Waals surface area (Å²) in [7, 11) is 0. The average molecular weight is 391 g/mol. The number of amides is 2. The van der Waals surface area contributed by atoms with E-state index in [1.165, 1.54) is 6.42 Å². The molecule has 3 atom stereocenters. The predicted octanol–water partition coefficient (Wildman–Crippen LogP) is 3.36. The summed E-state index contributed by atoms with van der Waals surface area (Å²) < 4.78 is 5.35. The summed E-state index contributed by atoms with van der Waals surface area (Å²) >= 11 is 1.57. The fourth-order valence-electron chi connectivity index (χ4n) is 3.46. The van der Waals surface area contributed by atoms with Crippen LogP contribution in [0.1, 0.15) is 56.3 Å². The van der Waals surface area contributed by atoms with Crippen molar-refractivity contribution in [3.8, 4) is 0 Å². The summed E-state index contributed by atoms with van der Waals surface area (Å²) in [6, 6.07) is 5.23. The Morgan fingerprint density at radius 2 is 2.07 bits per heavy atom. The molecule has 0 saturated heterocycles. The molecule has 1 heterocycles. The maximum Gasteiger partial charge on any atom is 0.338 e. The first-order valence-electron chi connectivity index (χ1n) is 9.52. The molecule has 0 unspecified atom stereocenters. The quantitative estimate of drug-likeness (QED) is 0.770. The van der Waals surface area contributed by atoms with Gasteiger partial charge < -0.3 is 15.4 Å². The van der Waals surface area contributed by atoms with Crippen molar-refractivity contribution in [1.82, 2.24) is 5.32 Å². The minimum absolute atomic E-state index is 0.0684. The molecular formula is C20H26N2O4S. The number of ether oxygens (including phenoxy) is 1. The summed E-state index contributed by atoms with van der Waals surface area (Å²) in [5.74, 6) is 0.248. The highest BCUT2D eigenvalue weighted by Gasteiger charge is 2.27. The molecule has 27 heavy (non-hydrogen) atoms. The number of hydrogen-bond donors (Lipinski definition) is 2. The zero-order valence-corrected chi connectivity index (χ0v) is 16.6. The first-order valence-corrected chi connectivity index (χ1v) is 10.5. The van der Waals surface area contributed by atoms with E-state index in [-0.39, 0.29) is 17.9 Å². The van der Waals surface area contributed by atoms with Crippen LogP contribution in [0.3, 0.4) is 0 Å². The van der Waals surface area contributed by atoms with E-state index in [1.807, 2.05) is 0 Å². The van der Waals surface area contributed by atoms with Gasteiger partial charge >= 0.3 is 5.97 Å². The number of fused-ring (bicyclic) bond motifs is 1. The van der Waals surface area contributed by atoms with Crippen molar-refractivity contribution in [1.29, 1.82) is 0 Å². The summed E-state index contributed by atoms with van der Waals surface area (Å²) in [6.45, 7) is 3.73. The molecule has 1 aliphatic heterocycles. The highest BCUT2D eigenvalue weighted by molar-refractivity contribution is 7.99. The maximum absolute atomic E-state index is 12.4. The van der Waals surface area contributed by atoms with E-state index in [1.54, 1.807) is 36.9 Å². The molecule has 2 aliphatic rings. The van der Waals surface area contributed by atoms with Gasteiger partial charge in [-0.1, -0.05) is 19.8 Å². The van der Waals surface area contributed by atoms with Crippen molar-refractivity contribution < 1.29 is 19.1 Å². The van der Waals surface area contributed by atoms with Crippen LogP contribution in [0.5, 0.6) is 0 Å². The Morgan fingerprint density at radius 1 is 1.30 bits per heavy atom. The molecule has 1 aromatic carbocycles. The monoisotopic (exact) mass is 390 g/mol. The first-order chi connectivity index (χ1) is 12.9. The van der Waals surface area contributed by atoms with Gasteiger partial charge in [0.25, 0.3) is 5.91 Å². The lowest BCUT2D eigenvalue weighted by atomic mass is 9.86. The molecule has 7 heteroatoms. The number of hydrogen-bond acceptors (Lipinski definition) is 5. The molecule has 0 aromatic heterocycles. The summed E-state index contributed by atoms with van der Waals surface area (Å²) in [4.78, 5) is 37.5. The molecule has 146 valence electrons. The van der Waals surface area contributed by atoms with Crippen LogP contribution >= 0.6 is 11.8 Å². The maximum atomic E-state index is 12.4. The lowest BCUT2D eigenvalue weighted by molar-refractivity contribution is -0.130. The number of rotatable bonds is 4. The molecule has 0 bridgehead atoms. The molecule has 1 fully saturated rings. The molecule has 6 nitrogen and oxygen atoms in total. The fourth-order valence-corrected chi connectivity index (χ4v) is 4.40. The van der Waals surface area contributed by atoms with Gasteiger partial charge in [-0.25, -0.2) is 4.79 Å². The zero-order chi connectivity index (χ0) is 19.4. The lowest BCUT2D eigenvalue weighted by Crippen LogP contribution is -2.45. The van der Waals surface area contributed by atoms with E-state index in [0.29, 0.717) is 29.3 Å². The van der Waals surface area contributed by atoms with Gasteiger partial charge in [-0.2, -0.15) is 0 Å². The number of benzene rings is 1. The Kier molecular flexibility index (Phi) is 6.42. The van der Waals surface area contributed by atoms with Crippen molar-refractivity contribution in [2.75, 3.05) is 11.1 Å². The number of anilines is 1. The molecule has 1 aromatic rings. The molecule has 0 spiro atoms. The number of carbonyl (C=O) groups excluding carboxylic acids is 3. The van der Waals surface area contributed by atoms with E-state index in [0.717, 1.165) is 24.2 Å². The Bertz CT molecular complexity index is 737. The number of nitrogens with one attached hydrogen (secondary N) is 2. The third-order valence-electron chi connectivity index (χ3n) is 5.17. The van der Waals surface area contributed by atoms with E-state index in [4.69, 9.17) is 4.74 Å². The third kappa shape index (κ3) is 5.03. The molecule has 1 saturated carbocycles. The fraction of sp³-hybridized carbons (Fsp3) is 0.550. The minimum atomic E-state index is -0.866. The van der Waals surface area contributed by atoms with Crippen LogP contribution in [0.4, 0.5) is 5.69 Å². The predicted molar refractivity (Wildman–Crippen MR) is 105 cm³/mol. The van der Waals surface area contributed by atoms with Gasteiger partial charge in [-0.3, -0.25) is 9.59 Å². The zero-order valence-electron chi connectivity index (χ0n) is 15.7. The van der Waals surface area contributed by atoms with Crippen LogP contribution in [-0.4, -0.2) is 35.7 Å². The van der Waals surface area contributed by atoms with E-state index >= 15 is 0 Å². The molecule has 0 radical (unpaired) electrons. The van der Waals surface area contributed by atoms with Crippen LogP contribution in [0.15, 0.2) is 23.1 Å². The highest BCUT2D eigenvalue weighted by Crippen LogP contribution is 2.31. The molecule has 3 rings (SSSR count). The molecule has 2 amide bonds. The van der Waals surface area contributed by atoms with Crippen LogP contribution in [-0.2, 0) is 14.3 Å². The Morgan fingerprint density at radius 3 is 2.85 bits per heavy atom. The second kappa shape index (κ2) is 8.78. The average Bonchev–Trinajstić information content (AvgIpc) is 2.83. The summed E-state index contributed by atoms with van der Waals surface area (Å²) in [5.41, 5.74) is 0.937. The highest BCUT2D eigenvalue weighted by atomic mass is 32.2. The molecular weight excluding hydrogens is 364 g/mol. The molecule has 1 aliphatic carbocycles. The number of esters is 1. The van der Waals surface area contributed by atoms with Gasteiger partial charge in [0.2, 0.25) is 5.91 Å². The number of carbonyl (C=O) groups is 3. The van der Waals surface area contributed by atoms with E-state index in [2.05, 4.69) is 17.6 Å². The van der Waals surface area contributed by atoms with Gasteiger partial charge in [-0.15, -0.1) is 11.8 Å². The minimum Gasteiger partial charge on any atom is -0.449 e. The van der Waals surface area contributed by atoms with Crippen molar-refractivity contribution in [2.45, 2.75) is 63.0 Å². The second-order valence-electron chi connectivity index (χ2n) is 7.28. The first kappa shape index (κ1) is 19.7. The van der Waals surface area contributed by atoms with Crippen molar-refractivity contribution >= 4 is 35.2 Å². The Balaban J connectivity index is 1.61. The van der Waals surface area contributed by atoms with Gasteiger partial charge in [0.1, 0.15) is 0 Å². The van der Waals surface area contributed by atoms with Crippen molar-refractivity contribution in [2.24, 2.45) is 5.92 Å². The lowest BCUT2D eigenvalue weighted by Gasteiger charge is -2.30. The van der Waals surface area contributed by atoms with Crippen molar-refractivity contribution in [3.63, 3.8) is 0 Å². The van der Waals surface area contributed by atoms with Crippen molar-refractivity contribution in [3.05, 3.63) is 23.8 Å². The van der Waals surface area contributed by atoms with Crippen LogP contribution in [0.25, 0.3) is 0 Å². The SMILES string of the molecule is C[C@@H]1CCCC[C@@H]1NC(=O)[C@@H](C)OC(=O)c1ccc2c(c1)NC(=O)CCS2. The topological polar surface area (TPSA) is 84.5 Å². The largest absolute Gasteiger partial charge is 0.449 e. The summed E-state index contributed by atoms with van der Waals surface area (Å²) in [6.07, 6.45) is 3.96. The Hall–Kier alpha value is -2.02. The Labute approximate surface area is 163 Å². The smallest absolute Gasteiger partial charge is 0.338 e. The van der Waals surface area contributed by atoms with E-state index in [9.17, 15) is 14.4 Å². The normalized spacial score (nSPS) is 23.4. The van der Waals surface area contributed by atoms with Crippen LogP contribution in [0.2, 0.25) is 0 Å².